The van der Waals surface area contributed by atoms with E-state index in [4.69, 9.17) is 9.47 Å². The summed E-state index contributed by atoms with van der Waals surface area (Å²) in [6, 6.07) is 16.8. The summed E-state index contributed by atoms with van der Waals surface area (Å²) in [5.74, 6) is 2.72. The molecule has 1 unspecified atom stereocenters. The first-order valence-corrected chi connectivity index (χ1v) is 10.9. The zero-order valence-corrected chi connectivity index (χ0v) is 17.9. The van der Waals surface area contributed by atoms with Crippen LogP contribution in [0, 0.1) is 0 Å². The number of hydrogen-bond acceptors (Lipinski definition) is 4. The average Bonchev–Trinajstić information content (AvgIpc) is 3.22. The molecule has 0 amide bonds. The van der Waals surface area contributed by atoms with Gasteiger partial charge in [0.2, 0.25) is 0 Å². The van der Waals surface area contributed by atoms with Crippen molar-refractivity contribution < 1.29 is 9.47 Å². The molecule has 2 aromatic carbocycles. The van der Waals surface area contributed by atoms with E-state index in [1.54, 1.807) is 7.11 Å². The number of hydrogen-bond donors (Lipinski definition) is 2. The molecule has 1 aliphatic carbocycles. The summed E-state index contributed by atoms with van der Waals surface area (Å²) in [5.41, 5.74) is 2.31. The van der Waals surface area contributed by atoms with Gasteiger partial charge in [-0.2, -0.15) is 0 Å². The fourth-order valence-corrected chi connectivity index (χ4v) is 3.99. The van der Waals surface area contributed by atoms with E-state index < -0.39 is 0 Å². The Morgan fingerprint density at radius 3 is 2.57 bits per heavy atom. The van der Waals surface area contributed by atoms with Crippen molar-refractivity contribution in [1.82, 2.24) is 10.6 Å². The molecular weight excluding hydrogens is 376 g/mol. The van der Waals surface area contributed by atoms with Crippen molar-refractivity contribution in [2.45, 2.75) is 44.4 Å². The molecule has 1 aliphatic heterocycles. The summed E-state index contributed by atoms with van der Waals surface area (Å²) >= 11 is 0. The zero-order chi connectivity index (χ0) is 20.8. The Morgan fingerprint density at radius 1 is 1.07 bits per heavy atom. The summed E-state index contributed by atoms with van der Waals surface area (Å²) in [6.07, 6.45) is 5.03. The minimum Gasteiger partial charge on any atom is -0.495 e. The molecular formula is C24H32N4O2. The second kappa shape index (κ2) is 9.74. The molecule has 0 bridgehead atoms. The topological polar surface area (TPSA) is 58.1 Å². The highest BCUT2D eigenvalue weighted by molar-refractivity contribution is 5.80. The maximum atomic E-state index is 6.15. The van der Waals surface area contributed by atoms with Crippen molar-refractivity contribution in [3.05, 3.63) is 54.1 Å². The number of nitrogens with one attached hydrogen (secondary N) is 2. The van der Waals surface area contributed by atoms with Crippen LogP contribution in [-0.4, -0.2) is 45.4 Å². The first kappa shape index (κ1) is 20.4. The van der Waals surface area contributed by atoms with E-state index in [0.717, 1.165) is 61.1 Å². The van der Waals surface area contributed by atoms with Crippen LogP contribution < -0.4 is 25.0 Å². The first-order chi connectivity index (χ1) is 14.8. The normalized spacial score (nSPS) is 19.3. The van der Waals surface area contributed by atoms with Crippen LogP contribution in [0.15, 0.2) is 53.5 Å². The van der Waals surface area contributed by atoms with Gasteiger partial charge in [-0.1, -0.05) is 30.3 Å². The number of anilines is 1. The largest absolute Gasteiger partial charge is 0.495 e. The Hall–Kier alpha value is -2.89. The van der Waals surface area contributed by atoms with E-state index in [1.807, 2.05) is 25.2 Å². The standard InChI is InChI=1S/C24H32N4O2/c1-25-24(26-16-18-8-3-5-12-22(18)30-20-9-7-10-20)27-19-14-15-28(17-19)21-11-4-6-13-23(21)29-2/h3-6,8,11-13,19-20H,7,9-10,14-17H2,1-2H3,(H2,25,26,27). The quantitative estimate of drug-likeness (QED) is 0.542. The highest BCUT2D eigenvalue weighted by atomic mass is 16.5. The van der Waals surface area contributed by atoms with Gasteiger partial charge < -0.3 is 25.0 Å². The molecule has 1 atom stereocenters. The lowest BCUT2D eigenvalue weighted by Gasteiger charge is -2.27. The smallest absolute Gasteiger partial charge is 0.191 e. The van der Waals surface area contributed by atoms with Crippen molar-refractivity contribution in [3.8, 4) is 11.5 Å². The van der Waals surface area contributed by atoms with E-state index in [0.29, 0.717) is 18.7 Å². The highest BCUT2D eigenvalue weighted by Gasteiger charge is 2.25. The predicted octanol–water partition coefficient (Wildman–Crippen LogP) is 3.57. The molecule has 0 radical (unpaired) electrons. The summed E-state index contributed by atoms with van der Waals surface area (Å²) in [7, 11) is 3.54. The Labute approximate surface area is 179 Å². The fourth-order valence-electron chi connectivity index (χ4n) is 3.99. The highest BCUT2D eigenvalue weighted by Crippen LogP contribution is 2.30. The van der Waals surface area contributed by atoms with Gasteiger partial charge in [-0.25, -0.2) is 0 Å². The number of rotatable bonds is 7. The van der Waals surface area contributed by atoms with Gasteiger partial charge in [0.05, 0.1) is 18.9 Å². The summed E-state index contributed by atoms with van der Waals surface area (Å²) in [6.45, 7) is 2.60. The molecule has 30 heavy (non-hydrogen) atoms. The van der Waals surface area contributed by atoms with Gasteiger partial charge in [0.15, 0.2) is 5.96 Å². The van der Waals surface area contributed by atoms with Crippen LogP contribution >= 0.6 is 0 Å². The van der Waals surface area contributed by atoms with Gasteiger partial charge >= 0.3 is 0 Å². The predicted molar refractivity (Wildman–Crippen MR) is 122 cm³/mol. The van der Waals surface area contributed by atoms with Gasteiger partial charge in [-0.05, 0) is 43.9 Å². The van der Waals surface area contributed by atoms with Crippen LogP contribution in [0.2, 0.25) is 0 Å². The molecule has 2 N–H and O–H groups in total. The maximum absolute atomic E-state index is 6.15. The van der Waals surface area contributed by atoms with Gasteiger partial charge in [0, 0.05) is 38.3 Å². The average molecular weight is 409 g/mol. The molecule has 1 saturated carbocycles. The zero-order valence-electron chi connectivity index (χ0n) is 17.9. The van der Waals surface area contributed by atoms with Gasteiger partial charge in [-0.3, -0.25) is 4.99 Å². The maximum Gasteiger partial charge on any atom is 0.191 e. The van der Waals surface area contributed by atoms with Crippen LogP contribution in [0.3, 0.4) is 0 Å². The van der Waals surface area contributed by atoms with Crippen LogP contribution in [0.25, 0.3) is 0 Å². The Balaban J connectivity index is 1.32. The third-order valence-corrected chi connectivity index (χ3v) is 5.94. The van der Waals surface area contributed by atoms with Crippen molar-refractivity contribution in [3.63, 3.8) is 0 Å². The third-order valence-electron chi connectivity index (χ3n) is 5.94. The third kappa shape index (κ3) is 4.81. The second-order valence-corrected chi connectivity index (χ2v) is 7.95. The van der Waals surface area contributed by atoms with Crippen LogP contribution in [-0.2, 0) is 6.54 Å². The number of methoxy groups -OCH3 is 1. The number of nitrogens with zero attached hydrogens (tertiary/aromatic N) is 2. The molecule has 160 valence electrons. The van der Waals surface area contributed by atoms with Crippen molar-refractivity contribution in [2.75, 3.05) is 32.1 Å². The number of guanidine groups is 1. The van der Waals surface area contributed by atoms with Crippen LogP contribution in [0.1, 0.15) is 31.2 Å². The van der Waals surface area contributed by atoms with Crippen molar-refractivity contribution in [1.29, 1.82) is 0 Å². The monoisotopic (exact) mass is 408 g/mol. The molecule has 0 spiro atoms. The van der Waals surface area contributed by atoms with E-state index in [1.165, 1.54) is 6.42 Å². The Kier molecular flexibility index (Phi) is 6.62. The lowest BCUT2D eigenvalue weighted by Crippen LogP contribution is -2.44. The van der Waals surface area contributed by atoms with Crippen molar-refractivity contribution in [2.24, 2.45) is 4.99 Å². The summed E-state index contributed by atoms with van der Waals surface area (Å²) in [4.78, 5) is 6.79. The van der Waals surface area contributed by atoms with E-state index in [-0.39, 0.29) is 0 Å². The minimum absolute atomic E-state index is 0.336. The first-order valence-electron chi connectivity index (χ1n) is 10.9. The molecule has 4 rings (SSSR count). The number of benzene rings is 2. The van der Waals surface area contributed by atoms with Crippen molar-refractivity contribution >= 4 is 11.6 Å². The Morgan fingerprint density at radius 2 is 1.83 bits per heavy atom. The van der Waals surface area contributed by atoms with Crippen LogP contribution in [0.4, 0.5) is 5.69 Å². The molecule has 2 aliphatic rings. The lowest BCUT2D eigenvalue weighted by molar-refractivity contribution is 0.119. The SMILES string of the molecule is CN=C(NCc1ccccc1OC1CCC1)NC1CCN(c2ccccc2OC)C1. The fraction of sp³-hybridized carbons (Fsp3) is 0.458. The van der Waals surface area contributed by atoms with Crippen LogP contribution in [0.5, 0.6) is 11.5 Å². The summed E-state index contributed by atoms with van der Waals surface area (Å²) in [5, 5.41) is 7.03. The molecule has 2 aromatic rings. The number of para-hydroxylation sites is 3. The number of ether oxygens (including phenoxy) is 2. The minimum atomic E-state index is 0.336. The molecule has 0 aromatic heterocycles. The molecule has 6 nitrogen and oxygen atoms in total. The molecule has 1 heterocycles. The second-order valence-electron chi connectivity index (χ2n) is 7.95. The van der Waals surface area contributed by atoms with E-state index >= 15 is 0 Å². The molecule has 6 heteroatoms. The number of aliphatic imine (C=N–C) groups is 1. The van der Waals surface area contributed by atoms with Gasteiger partial charge in [-0.15, -0.1) is 0 Å². The van der Waals surface area contributed by atoms with E-state index in [2.05, 4.69) is 50.9 Å². The van der Waals surface area contributed by atoms with Gasteiger partial charge in [0.1, 0.15) is 11.5 Å². The Bertz CT molecular complexity index is 866. The summed E-state index contributed by atoms with van der Waals surface area (Å²) < 4.78 is 11.7. The van der Waals surface area contributed by atoms with Gasteiger partial charge in [0.25, 0.3) is 0 Å². The lowest BCUT2D eigenvalue weighted by atomic mass is 9.96. The van der Waals surface area contributed by atoms with E-state index in [9.17, 15) is 0 Å². The molecule has 1 saturated heterocycles. The molecule has 2 fully saturated rings.